The Bertz CT molecular complexity index is 564. The molecular weight excluding hydrogens is 252 g/mol. The van der Waals surface area contributed by atoms with Crippen molar-refractivity contribution in [3.63, 3.8) is 0 Å². The van der Waals surface area contributed by atoms with Gasteiger partial charge >= 0.3 is 0 Å². The van der Waals surface area contributed by atoms with Crippen molar-refractivity contribution in [3.8, 4) is 10.6 Å². The lowest BCUT2D eigenvalue weighted by molar-refractivity contribution is 0.563. The van der Waals surface area contributed by atoms with E-state index >= 15 is 0 Å². The Balaban J connectivity index is 2.52. The first-order chi connectivity index (χ1) is 8.93. The molecule has 1 aromatic carbocycles. The molecule has 0 atom stereocenters. The number of hydrogen-bond acceptors (Lipinski definition) is 3. The zero-order chi connectivity index (χ0) is 14.0. The van der Waals surface area contributed by atoms with Crippen LogP contribution in [0, 0.1) is 6.92 Å². The molecule has 0 bridgehead atoms. The molecular formula is C16H22N2S. The quantitative estimate of drug-likeness (QED) is 0.910. The molecule has 2 rings (SSSR count). The third-order valence-corrected chi connectivity index (χ3v) is 4.21. The molecule has 0 spiro atoms. The van der Waals surface area contributed by atoms with E-state index in [9.17, 15) is 0 Å². The zero-order valence-electron chi connectivity index (χ0n) is 12.4. The average molecular weight is 274 g/mol. The largest absolute Gasteiger partial charge is 0.315 e. The molecule has 2 nitrogen and oxygen atoms in total. The van der Waals surface area contributed by atoms with Crippen LogP contribution in [0.15, 0.2) is 24.3 Å². The molecule has 0 aliphatic rings. The Morgan fingerprint density at radius 3 is 2.47 bits per heavy atom. The molecule has 1 aromatic heterocycles. The van der Waals surface area contributed by atoms with Crippen molar-refractivity contribution >= 4 is 11.3 Å². The minimum Gasteiger partial charge on any atom is -0.315 e. The van der Waals surface area contributed by atoms with Gasteiger partial charge in [0, 0.05) is 22.4 Å². The van der Waals surface area contributed by atoms with Gasteiger partial charge in [0.25, 0.3) is 0 Å². The van der Waals surface area contributed by atoms with E-state index in [0.29, 0.717) is 0 Å². The first-order valence-electron chi connectivity index (χ1n) is 6.64. The van der Waals surface area contributed by atoms with Crippen LogP contribution in [0.2, 0.25) is 0 Å². The Kier molecular flexibility index (Phi) is 4.07. The van der Waals surface area contributed by atoms with Crippen LogP contribution < -0.4 is 5.32 Å². The summed E-state index contributed by atoms with van der Waals surface area (Å²) in [5.74, 6) is 0. The van der Waals surface area contributed by atoms with Crippen LogP contribution in [0.1, 0.15) is 36.9 Å². The molecule has 0 saturated heterocycles. The van der Waals surface area contributed by atoms with Crippen molar-refractivity contribution in [1.29, 1.82) is 0 Å². The monoisotopic (exact) mass is 274 g/mol. The summed E-state index contributed by atoms with van der Waals surface area (Å²) >= 11 is 1.80. The van der Waals surface area contributed by atoms with Gasteiger partial charge in [-0.15, -0.1) is 11.3 Å². The predicted octanol–water partition coefficient (Wildman–Crippen LogP) is 4.14. The summed E-state index contributed by atoms with van der Waals surface area (Å²) in [6.45, 7) is 9.70. The van der Waals surface area contributed by atoms with E-state index in [1.165, 1.54) is 21.7 Å². The summed E-state index contributed by atoms with van der Waals surface area (Å²) in [6, 6.07) is 8.46. The molecule has 0 radical (unpaired) electrons. The molecule has 0 fully saturated rings. The number of aryl methyl sites for hydroxylation is 1. The van der Waals surface area contributed by atoms with Gasteiger partial charge in [0.15, 0.2) is 0 Å². The summed E-state index contributed by atoms with van der Waals surface area (Å²) in [4.78, 5) is 6.25. The Morgan fingerprint density at radius 1 is 1.21 bits per heavy atom. The third kappa shape index (κ3) is 3.04. The highest BCUT2D eigenvalue weighted by atomic mass is 32.1. The lowest BCUT2D eigenvalue weighted by atomic mass is 9.91. The van der Waals surface area contributed by atoms with Crippen LogP contribution in [-0.4, -0.2) is 12.0 Å². The number of hydrogen-bond donors (Lipinski definition) is 1. The van der Waals surface area contributed by atoms with E-state index in [1.54, 1.807) is 11.3 Å². The van der Waals surface area contributed by atoms with Gasteiger partial charge in [0.05, 0.1) is 5.69 Å². The van der Waals surface area contributed by atoms with Crippen LogP contribution in [-0.2, 0) is 12.0 Å². The van der Waals surface area contributed by atoms with Crippen LogP contribution in [0.4, 0.5) is 0 Å². The standard InChI is InChI=1S/C16H22N2S/c1-11-8-6-7-9-12(11)15-18-14(16(2,3)4)13(19-15)10-17-5/h6-9,17H,10H2,1-5H3. The number of benzene rings is 1. The van der Waals surface area contributed by atoms with Gasteiger partial charge in [-0.25, -0.2) is 4.98 Å². The molecule has 2 aromatic rings. The third-order valence-electron chi connectivity index (χ3n) is 3.12. The van der Waals surface area contributed by atoms with E-state index in [4.69, 9.17) is 4.98 Å². The van der Waals surface area contributed by atoms with Crippen molar-refractivity contribution in [2.24, 2.45) is 0 Å². The summed E-state index contributed by atoms with van der Waals surface area (Å²) < 4.78 is 0. The Hall–Kier alpha value is -1.19. The van der Waals surface area contributed by atoms with E-state index in [2.05, 4.69) is 57.3 Å². The lowest BCUT2D eigenvalue weighted by Gasteiger charge is -2.17. The second-order valence-electron chi connectivity index (χ2n) is 5.89. The molecule has 102 valence electrons. The maximum atomic E-state index is 4.91. The number of nitrogens with zero attached hydrogens (tertiary/aromatic N) is 1. The van der Waals surface area contributed by atoms with Crippen molar-refractivity contribution in [2.45, 2.75) is 39.7 Å². The second-order valence-corrected chi connectivity index (χ2v) is 6.97. The minimum absolute atomic E-state index is 0.0869. The fraction of sp³-hybridized carbons (Fsp3) is 0.438. The normalized spacial score (nSPS) is 11.8. The summed E-state index contributed by atoms with van der Waals surface area (Å²) in [5.41, 5.74) is 3.84. The van der Waals surface area contributed by atoms with Gasteiger partial charge in [0.2, 0.25) is 0 Å². The average Bonchev–Trinajstić information content (AvgIpc) is 2.74. The molecule has 1 heterocycles. The Morgan fingerprint density at radius 2 is 1.89 bits per heavy atom. The molecule has 1 N–H and O–H groups in total. The highest BCUT2D eigenvalue weighted by Gasteiger charge is 2.23. The summed E-state index contributed by atoms with van der Waals surface area (Å²) in [5, 5.41) is 4.38. The molecule has 3 heteroatoms. The number of nitrogens with one attached hydrogen (secondary N) is 1. The van der Waals surface area contributed by atoms with Gasteiger partial charge in [-0.3, -0.25) is 0 Å². The molecule has 0 unspecified atom stereocenters. The van der Waals surface area contributed by atoms with Crippen molar-refractivity contribution in [3.05, 3.63) is 40.4 Å². The maximum absolute atomic E-state index is 4.91. The van der Waals surface area contributed by atoms with Crippen LogP contribution in [0.5, 0.6) is 0 Å². The fourth-order valence-corrected chi connectivity index (χ4v) is 3.52. The smallest absolute Gasteiger partial charge is 0.124 e. The minimum atomic E-state index is 0.0869. The number of aromatic nitrogens is 1. The van der Waals surface area contributed by atoms with Gasteiger partial charge in [0.1, 0.15) is 5.01 Å². The fourth-order valence-electron chi connectivity index (χ4n) is 2.15. The first kappa shape index (κ1) is 14.2. The second kappa shape index (κ2) is 5.43. The van der Waals surface area contributed by atoms with E-state index < -0.39 is 0 Å². The van der Waals surface area contributed by atoms with Crippen molar-refractivity contribution in [1.82, 2.24) is 10.3 Å². The van der Waals surface area contributed by atoms with Crippen molar-refractivity contribution < 1.29 is 0 Å². The molecule has 0 amide bonds. The summed E-state index contributed by atoms with van der Waals surface area (Å²) in [6.07, 6.45) is 0. The predicted molar refractivity (Wildman–Crippen MR) is 83.8 cm³/mol. The van der Waals surface area contributed by atoms with Crippen molar-refractivity contribution in [2.75, 3.05) is 7.05 Å². The first-order valence-corrected chi connectivity index (χ1v) is 7.46. The van der Waals surface area contributed by atoms with Gasteiger partial charge in [-0.05, 0) is 19.5 Å². The SMILES string of the molecule is CNCc1sc(-c2ccccc2C)nc1C(C)(C)C. The molecule has 0 aliphatic carbocycles. The highest BCUT2D eigenvalue weighted by molar-refractivity contribution is 7.15. The topological polar surface area (TPSA) is 24.9 Å². The van der Waals surface area contributed by atoms with E-state index in [0.717, 1.165) is 11.6 Å². The zero-order valence-corrected chi connectivity index (χ0v) is 13.2. The van der Waals surface area contributed by atoms with Crippen LogP contribution in [0.3, 0.4) is 0 Å². The van der Waals surface area contributed by atoms with Gasteiger partial charge in [-0.2, -0.15) is 0 Å². The molecule has 0 saturated carbocycles. The summed E-state index contributed by atoms with van der Waals surface area (Å²) in [7, 11) is 1.99. The molecule has 19 heavy (non-hydrogen) atoms. The van der Waals surface area contributed by atoms with Gasteiger partial charge in [-0.1, -0.05) is 45.0 Å². The lowest BCUT2D eigenvalue weighted by Crippen LogP contribution is -2.16. The van der Waals surface area contributed by atoms with E-state index in [-0.39, 0.29) is 5.41 Å². The van der Waals surface area contributed by atoms with Gasteiger partial charge < -0.3 is 5.32 Å². The maximum Gasteiger partial charge on any atom is 0.124 e. The molecule has 0 aliphatic heterocycles. The number of thiazole rings is 1. The van der Waals surface area contributed by atoms with Crippen LogP contribution in [0.25, 0.3) is 10.6 Å². The Labute approximate surface area is 119 Å². The van der Waals surface area contributed by atoms with E-state index in [1.807, 2.05) is 7.05 Å². The van der Waals surface area contributed by atoms with Crippen LogP contribution >= 0.6 is 11.3 Å². The number of rotatable bonds is 3. The highest BCUT2D eigenvalue weighted by Crippen LogP contribution is 2.35.